The van der Waals surface area contributed by atoms with Crippen molar-refractivity contribution >= 4 is 38.9 Å². The third-order valence-electron chi connectivity index (χ3n) is 3.53. The predicted molar refractivity (Wildman–Crippen MR) is 93.0 cm³/mol. The molecule has 0 radical (unpaired) electrons. The summed E-state index contributed by atoms with van der Waals surface area (Å²) in [6, 6.07) is 17.0. The number of rotatable bonds is 5. The molecule has 0 bridgehead atoms. The molecule has 3 rings (SSSR count). The molecule has 3 aromatic rings. The first-order valence-corrected chi connectivity index (χ1v) is 8.25. The van der Waals surface area contributed by atoms with E-state index in [0.717, 1.165) is 15.9 Å². The van der Waals surface area contributed by atoms with Crippen molar-refractivity contribution in [1.29, 1.82) is 0 Å². The van der Waals surface area contributed by atoms with Crippen molar-refractivity contribution in [2.45, 2.75) is 13.3 Å². The first-order valence-electron chi connectivity index (χ1n) is 7.43. The molecule has 0 aliphatic heterocycles. The number of thiazole rings is 1. The molecule has 0 N–H and O–H groups in total. The lowest BCUT2D eigenvalue weighted by atomic mass is 10.2. The molecule has 0 unspecified atom stereocenters. The third kappa shape index (κ3) is 3.29. The van der Waals surface area contributed by atoms with E-state index in [1.807, 2.05) is 61.5 Å². The van der Waals surface area contributed by atoms with Gasteiger partial charge in [0.15, 0.2) is 5.01 Å². The summed E-state index contributed by atoms with van der Waals surface area (Å²) in [4.78, 5) is 30.8. The summed E-state index contributed by atoms with van der Waals surface area (Å²) in [6.07, 6.45) is -0.164. The van der Waals surface area contributed by atoms with Crippen molar-refractivity contribution in [1.82, 2.24) is 4.98 Å². The largest absolute Gasteiger partial charge is 0.312 e. The molecule has 116 valence electrons. The standard InChI is InChI=1S/C18H16N2O2S/c1-2-20(13-8-4-3-5-9-13)17(22)12-15(21)18-19-14-10-6-7-11-16(14)23-18/h3-11H,2,12H2,1H3. The molecule has 0 aliphatic carbocycles. The average Bonchev–Trinajstić information content (AvgIpc) is 3.01. The number of hydrogen-bond donors (Lipinski definition) is 0. The van der Waals surface area contributed by atoms with Crippen molar-refractivity contribution < 1.29 is 9.59 Å². The molecular formula is C18H16N2O2S. The van der Waals surface area contributed by atoms with Crippen molar-refractivity contribution in [2.75, 3.05) is 11.4 Å². The SMILES string of the molecule is CCN(C(=O)CC(=O)c1nc2ccccc2s1)c1ccccc1. The maximum absolute atomic E-state index is 12.5. The van der Waals surface area contributed by atoms with Gasteiger partial charge in [0.05, 0.1) is 16.6 Å². The highest BCUT2D eigenvalue weighted by Gasteiger charge is 2.20. The van der Waals surface area contributed by atoms with Gasteiger partial charge in [0.25, 0.3) is 0 Å². The van der Waals surface area contributed by atoms with Gasteiger partial charge in [0.1, 0.15) is 0 Å². The Balaban J connectivity index is 1.77. The normalized spacial score (nSPS) is 10.7. The van der Waals surface area contributed by atoms with Gasteiger partial charge in [-0.3, -0.25) is 9.59 Å². The van der Waals surface area contributed by atoms with Crippen LogP contribution < -0.4 is 4.90 Å². The minimum atomic E-state index is -0.231. The monoisotopic (exact) mass is 324 g/mol. The Bertz CT molecular complexity index is 809. The number of carbonyl (C=O) groups is 2. The number of benzene rings is 2. The Morgan fingerprint density at radius 3 is 2.43 bits per heavy atom. The maximum Gasteiger partial charge on any atom is 0.234 e. The van der Waals surface area contributed by atoms with Crippen LogP contribution in [0.5, 0.6) is 0 Å². The van der Waals surface area contributed by atoms with Gasteiger partial charge in [-0.1, -0.05) is 30.3 Å². The quantitative estimate of drug-likeness (QED) is 0.528. The molecule has 0 spiro atoms. The number of hydrogen-bond acceptors (Lipinski definition) is 4. The molecule has 0 fully saturated rings. The number of carbonyl (C=O) groups excluding carboxylic acids is 2. The minimum Gasteiger partial charge on any atom is -0.312 e. The molecule has 2 aromatic carbocycles. The summed E-state index contributed by atoms with van der Waals surface area (Å²) >= 11 is 1.33. The van der Waals surface area contributed by atoms with Gasteiger partial charge in [-0.25, -0.2) is 4.98 Å². The molecule has 0 saturated carbocycles. The molecule has 0 aliphatic rings. The van der Waals surface area contributed by atoms with Gasteiger partial charge < -0.3 is 4.90 Å². The molecule has 0 atom stereocenters. The van der Waals surface area contributed by atoms with Gasteiger partial charge in [0, 0.05) is 12.2 Å². The first kappa shape index (κ1) is 15.4. The molecule has 23 heavy (non-hydrogen) atoms. The second-order valence-corrected chi connectivity index (χ2v) is 6.09. The summed E-state index contributed by atoms with van der Waals surface area (Å²) in [5, 5.41) is 0.392. The number of nitrogens with zero attached hydrogens (tertiary/aromatic N) is 2. The average molecular weight is 324 g/mol. The second kappa shape index (κ2) is 6.71. The molecule has 1 aromatic heterocycles. The summed E-state index contributed by atoms with van der Waals surface area (Å²) in [5.41, 5.74) is 1.60. The van der Waals surface area contributed by atoms with Gasteiger partial charge in [-0.2, -0.15) is 0 Å². The molecule has 4 nitrogen and oxygen atoms in total. The summed E-state index contributed by atoms with van der Waals surface area (Å²) in [6.45, 7) is 2.42. The van der Waals surface area contributed by atoms with Crippen LogP contribution in [-0.4, -0.2) is 23.2 Å². The fourth-order valence-electron chi connectivity index (χ4n) is 2.41. The number of aromatic nitrogens is 1. The van der Waals surface area contributed by atoms with E-state index < -0.39 is 0 Å². The number of anilines is 1. The zero-order chi connectivity index (χ0) is 16.2. The van der Waals surface area contributed by atoms with Crippen molar-refractivity contribution in [3.8, 4) is 0 Å². The van der Waals surface area contributed by atoms with Crippen LogP contribution in [-0.2, 0) is 4.79 Å². The first-order chi connectivity index (χ1) is 11.2. The van der Waals surface area contributed by atoms with Gasteiger partial charge in [0.2, 0.25) is 11.7 Å². The van der Waals surface area contributed by atoms with Crippen LogP contribution in [0.3, 0.4) is 0 Å². The molecular weight excluding hydrogens is 308 g/mol. The minimum absolute atomic E-state index is 0.164. The zero-order valence-electron chi connectivity index (χ0n) is 12.7. The van der Waals surface area contributed by atoms with Crippen LogP contribution in [0.25, 0.3) is 10.2 Å². The lowest BCUT2D eigenvalue weighted by molar-refractivity contribution is -0.117. The predicted octanol–water partition coefficient (Wildman–Crippen LogP) is 3.92. The van der Waals surface area contributed by atoms with Crippen LogP contribution in [0.1, 0.15) is 23.1 Å². The summed E-state index contributed by atoms with van der Waals surface area (Å²) < 4.78 is 0.957. The number of fused-ring (bicyclic) bond motifs is 1. The fraction of sp³-hybridized carbons (Fsp3) is 0.167. The van der Waals surface area contributed by atoms with E-state index in [1.54, 1.807) is 4.90 Å². The lowest BCUT2D eigenvalue weighted by Gasteiger charge is -2.20. The van der Waals surface area contributed by atoms with Crippen LogP contribution in [0.4, 0.5) is 5.69 Å². The van der Waals surface area contributed by atoms with E-state index in [1.165, 1.54) is 11.3 Å². The van der Waals surface area contributed by atoms with Gasteiger partial charge in [-0.05, 0) is 31.2 Å². The maximum atomic E-state index is 12.5. The van der Waals surface area contributed by atoms with E-state index in [2.05, 4.69) is 4.98 Å². The van der Waals surface area contributed by atoms with E-state index in [4.69, 9.17) is 0 Å². The Hall–Kier alpha value is -2.53. The Morgan fingerprint density at radius 1 is 1.04 bits per heavy atom. The van der Waals surface area contributed by atoms with E-state index >= 15 is 0 Å². The Kier molecular flexibility index (Phi) is 4.48. The van der Waals surface area contributed by atoms with Crippen LogP contribution in [0.15, 0.2) is 54.6 Å². The topological polar surface area (TPSA) is 50.3 Å². The fourth-order valence-corrected chi connectivity index (χ4v) is 3.31. The van der Waals surface area contributed by atoms with E-state index in [0.29, 0.717) is 11.6 Å². The Morgan fingerprint density at radius 2 is 1.74 bits per heavy atom. The van der Waals surface area contributed by atoms with Gasteiger partial charge >= 0.3 is 0 Å². The molecule has 1 amide bonds. The number of ketones is 1. The zero-order valence-corrected chi connectivity index (χ0v) is 13.5. The molecule has 5 heteroatoms. The van der Waals surface area contributed by atoms with Crippen molar-refractivity contribution in [2.24, 2.45) is 0 Å². The Labute approximate surface area is 138 Å². The van der Waals surface area contributed by atoms with Crippen LogP contribution >= 0.6 is 11.3 Å². The van der Waals surface area contributed by atoms with E-state index in [9.17, 15) is 9.59 Å². The highest BCUT2D eigenvalue weighted by Crippen LogP contribution is 2.23. The van der Waals surface area contributed by atoms with Crippen molar-refractivity contribution in [3.05, 3.63) is 59.6 Å². The summed E-state index contributed by atoms with van der Waals surface area (Å²) in [7, 11) is 0. The lowest BCUT2D eigenvalue weighted by Crippen LogP contribution is -2.32. The molecule has 0 saturated heterocycles. The third-order valence-corrected chi connectivity index (χ3v) is 4.61. The number of Topliss-reactive ketones (excluding diaryl/α,β-unsaturated/α-hetero) is 1. The summed E-state index contributed by atoms with van der Waals surface area (Å²) in [5.74, 6) is -0.437. The second-order valence-electron chi connectivity index (χ2n) is 5.06. The van der Waals surface area contributed by atoms with Crippen molar-refractivity contribution in [3.63, 3.8) is 0 Å². The highest BCUT2D eigenvalue weighted by molar-refractivity contribution is 7.20. The van der Waals surface area contributed by atoms with Crippen LogP contribution in [0.2, 0.25) is 0 Å². The van der Waals surface area contributed by atoms with E-state index in [-0.39, 0.29) is 18.1 Å². The molecule has 1 heterocycles. The van der Waals surface area contributed by atoms with Gasteiger partial charge in [-0.15, -0.1) is 11.3 Å². The van der Waals surface area contributed by atoms with Crippen LogP contribution in [0, 0.1) is 0 Å². The number of para-hydroxylation sites is 2. The smallest absolute Gasteiger partial charge is 0.234 e. The number of amides is 1. The highest BCUT2D eigenvalue weighted by atomic mass is 32.1.